The highest BCUT2D eigenvalue weighted by Gasteiger charge is 2.28. The van der Waals surface area contributed by atoms with E-state index in [1.807, 2.05) is 62.4 Å². The summed E-state index contributed by atoms with van der Waals surface area (Å²) in [7, 11) is 0. The summed E-state index contributed by atoms with van der Waals surface area (Å²) in [4.78, 5) is 26.8. The molecule has 0 radical (unpaired) electrons. The van der Waals surface area contributed by atoms with Crippen LogP contribution in [0, 0.1) is 13.8 Å². The standard InChI is InChI=1S/C23H22N2O2/c1-15-12-16(2)14-18(13-15)24-21(26)10-5-11-25-20-9-4-7-17-6-3-8-19(22(17)20)23(25)27/h3-4,6-9,12-14H,5,10-11H2,1-2H3,(H,24,26). The van der Waals surface area contributed by atoms with Gasteiger partial charge in [0, 0.05) is 29.6 Å². The minimum atomic E-state index is -0.0256. The van der Waals surface area contributed by atoms with E-state index in [-0.39, 0.29) is 11.8 Å². The predicted octanol–water partition coefficient (Wildman–Crippen LogP) is 4.84. The highest BCUT2D eigenvalue weighted by molar-refractivity contribution is 6.25. The minimum Gasteiger partial charge on any atom is -0.326 e. The molecule has 0 aromatic heterocycles. The molecular formula is C23H22N2O2. The van der Waals surface area contributed by atoms with Gasteiger partial charge >= 0.3 is 0 Å². The molecule has 1 aliphatic heterocycles. The summed E-state index contributed by atoms with van der Waals surface area (Å²) < 4.78 is 0. The van der Waals surface area contributed by atoms with E-state index in [1.165, 1.54) is 0 Å². The van der Waals surface area contributed by atoms with E-state index in [2.05, 4.69) is 11.4 Å². The van der Waals surface area contributed by atoms with Crippen molar-refractivity contribution in [2.45, 2.75) is 26.7 Å². The molecule has 2 amide bonds. The Morgan fingerprint density at radius 2 is 1.70 bits per heavy atom. The maximum atomic E-state index is 12.7. The summed E-state index contributed by atoms with van der Waals surface area (Å²) in [5.41, 5.74) is 4.77. The van der Waals surface area contributed by atoms with Crippen molar-refractivity contribution in [3.05, 3.63) is 71.3 Å². The molecule has 27 heavy (non-hydrogen) atoms. The van der Waals surface area contributed by atoms with Crippen LogP contribution in [0.3, 0.4) is 0 Å². The summed E-state index contributed by atoms with van der Waals surface area (Å²) in [6.45, 7) is 4.56. The van der Waals surface area contributed by atoms with Gasteiger partial charge in [-0.15, -0.1) is 0 Å². The summed E-state index contributed by atoms with van der Waals surface area (Å²) in [5.74, 6) is -0.00103. The number of nitrogens with one attached hydrogen (secondary N) is 1. The van der Waals surface area contributed by atoms with Crippen LogP contribution in [0.15, 0.2) is 54.6 Å². The summed E-state index contributed by atoms with van der Waals surface area (Å²) in [6, 6.07) is 17.8. The third-order valence-electron chi connectivity index (χ3n) is 4.94. The summed E-state index contributed by atoms with van der Waals surface area (Å²) >= 11 is 0. The number of anilines is 2. The fraction of sp³-hybridized carbons (Fsp3) is 0.217. The zero-order chi connectivity index (χ0) is 19.0. The highest BCUT2D eigenvalue weighted by atomic mass is 16.2. The highest BCUT2D eigenvalue weighted by Crippen LogP contribution is 2.37. The first-order chi connectivity index (χ1) is 13.0. The Morgan fingerprint density at radius 1 is 1.00 bits per heavy atom. The number of carbonyl (C=O) groups is 2. The Bertz CT molecular complexity index is 1030. The molecule has 0 bridgehead atoms. The van der Waals surface area contributed by atoms with Crippen LogP contribution < -0.4 is 10.2 Å². The van der Waals surface area contributed by atoms with E-state index < -0.39 is 0 Å². The van der Waals surface area contributed by atoms with E-state index in [0.29, 0.717) is 19.4 Å². The molecule has 0 saturated heterocycles. The van der Waals surface area contributed by atoms with Crippen molar-refractivity contribution in [3.8, 4) is 0 Å². The fourth-order valence-electron chi connectivity index (χ4n) is 3.87. The van der Waals surface area contributed by atoms with Crippen molar-refractivity contribution in [2.75, 3.05) is 16.8 Å². The number of nitrogens with zero attached hydrogens (tertiary/aromatic N) is 1. The van der Waals surface area contributed by atoms with Crippen LogP contribution in [0.4, 0.5) is 11.4 Å². The smallest absolute Gasteiger partial charge is 0.258 e. The van der Waals surface area contributed by atoms with Crippen LogP contribution in [0.2, 0.25) is 0 Å². The molecule has 4 heteroatoms. The van der Waals surface area contributed by atoms with Crippen molar-refractivity contribution in [1.29, 1.82) is 0 Å². The molecule has 4 rings (SSSR count). The molecule has 0 saturated carbocycles. The average Bonchev–Trinajstić information content (AvgIpc) is 2.89. The molecule has 0 atom stereocenters. The lowest BCUT2D eigenvalue weighted by atomic mass is 10.1. The summed E-state index contributed by atoms with van der Waals surface area (Å²) in [6.07, 6.45) is 0.996. The molecule has 0 fully saturated rings. The van der Waals surface area contributed by atoms with Gasteiger partial charge in [-0.25, -0.2) is 0 Å². The minimum absolute atomic E-state index is 0.0246. The van der Waals surface area contributed by atoms with Gasteiger partial charge in [0.1, 0.15) is 0 Å². The second-order valence-corrected chi connectivity index (χ2v) is 7.17. The molecule has 0 unspecified atom stereocenters. The van der Waals surface area contributed by atoms with Crippen molar-refractivity contribution >= 4 is 34.0 Å². The van der Waals surface area contributed by atoms with Gasteiger partial charge in [-0.2, -0.15) is 0 Å². The molecule has 1 heterocycles. The second-order valence-electron chi connectivity index (χ2n) is 7.17. The largest absolute Gasteiger partial charge is 0.326 e. The molecular weight excluding hydrogens is 336 g/mol. The van der Waals surface area contributed by atoms with Crippen molar-refractivity contribution in [1.82, 2.24) is 0 Å². The first-order valence-corrected chi connectivity index (χ1v) is 9.25. The monoisotopic (exact) mass is 358 g/mol. The Kier molecular flexibility index (Phi) is 4.40. The molecule has 3 aromatic rings. The van der Waals surface area contributed by atoms with Crippen LogP contribution >= 0.6 is 0 Å². The van der Waals surface area contributed by atoms with E-state index in [0.717, 1.165) is 38.8 Å². The Morgan fingerprint density at radius 3 is 2.44 bits per heavy atom. The fourth-order valence-corrected chi connectivity index (χ4v) is 3.87. The number of benzene rings is 3. The van der Waals surface area contributed by atoms with E-state index in [1.54, 1.807) is 4.90 Å². The molecule has 0 aliphatic carbocycles. The third-order valence-corrected chi connectivity index (χ3v) is 4.94. The van der Waals surface area contributed by atoms with Crippen LogP contribution in [-0.2, 0) is 4.79 Å². The molecule has 1 N–H and O–H groups in total. The van der Waals surface area contributed by atoms with Gasteiger partial charge in [0.05, 0.1) is 5.69 Å². The van der Waals surface area contributed by atoms with E-state index >= 15 is 0 Å². The number of hydrogen-bond donors (Lipinski definition) is 1. The van der Waals surface area contributed by atoms with Gasteiger partial charge < -0.3 is 10.2 Å². The lowest BCUT2D eigenvalue weighted by Crippen LogP contribution is -2.28. The zero-order valence-corrected chi connectivity index (χ0v) is 15.6. The molecule has 1 aliphatic rings. The Balaban J connectivity index is 1.41. The first kappa shape index (κ1) is 17.3. The molecule has 3 aromatic carbocycles. The Labute approximate surface area is 158 Å². The van der Waals surface area contributed by atoms with Gasteiger partial charge in [-0.05, 0) is 61.0 Å². The third kappa shape index (κ3) is 3.31. The quantitative estimate of drug-likeness (QED) is 0.710. The predicted molar refractivity (Wildman–Crippen MR) is 109 cm³/mol. The van der Waals surface area contributed by atoms with E-state index in [4.69, 9.17) is 0 Å². The number of rotatable bonds is 5. The number of carbonyl (C=O) groups excluding carboxylic acids is 2. The maximum absolute atomic E-state index is 12.7. The number of aryl methyl sites for hydroxylation is 2. The normalized spacial score (nSPS) is 12.7. The maximum Gasteiger partial charge on any atom is 0.258 e. The molecule has 136 valence electrons. The van der Waals surface area contributed by atoms with Crippen molar-refractivity contribution < 1.29 is 9.59 Å². The second kappa shape index (κ2) is 6.88. The van der Waals surface area contributed by atoms with Gasteiger partial charge in [0.15, 0.2) is 0 Å². The van der Waals surface area contributed by atoms with Crippen LogP contribution in [-0.4, -0.2) is 18.4 Å². The summed E-state index contributed by atoms with van der Waals surface area (Å²) in [5, 5.41) is 5.05. The van der Waals surface area contributed by atoms with Crippen LogP contribution in [0.5, 0.6) is 0 Å². The van der Waals surface area contributed by atoms with Gasteiger partial charge in [-0.3, -0.25) is 9.59 Å². The number of amides is 2. The van der Waals surface area contributed by atoms with Crippen LogP contribution in [0.25, 0.3) is 10.8 Å². The molecule has 0 spiro atoms. The van der Waals surface area contributed by atoms with Gasteiger partial charge in [0.2, 0.25) is 5.91 Å². The van der Waals surface area contributed by atoms with Crippen molar-refractivity contribution in [2.24, 2.45) is 0 Å². The number of hydrogen-bond acceptors (Lipinski definition) is 2. The molecule has 4 nitrogen and oxygen atoms in total. The zero-order valence-electron chi connectivity index (χ0n) is 15.6. The van der Waals surface area contributed by atoms with E-state index in [9.17, 15) is 9.59 Å². The Hall–Kier alpha value is -3.14. The first-order valence-electron chi connectivity index (χ1n) is 9.25. The van der Waals surface area contributed by atoms with Crippen molar-refractivity contribution in [3.63, 3.8) is 0 Å². The average molecular weight is 358 g/mol. The lowest BCUT2D eigenvalue weighted by molar-refractivity contribution is -0.116. The topological polar surface area (TPSA) is 49.4 Å². The van der Waals surface area contributed by atoms with Gasteiger partial charge in [0.25, 0.3) is 5.91 Å². The lowest BCUT2D eigenvalue weighted by Gasteiger charge is -2.17. The SMILES string of the molecule is Cc1cc(C)cc(NC(=O)CCCN2C(=O)c3cccc4cccc2c34)c1. The van der Waals surface area contributed by atoms with Crippen LogP contribution in [0.1, 0.15) is 34.3 Å². The van der Waals surface area contributed by atoms with Gasteiger partial charge in [-0.1, -0.05) is 30.3 Å².